The second-order valence-electron chi connectivity index (χ2n) is 5.86. The maximum absolute atomic E-state index is 12.4. The molecule has 134 valence electrons. The first-order chi connectivity index (χ1) is 12.5. The molecule has 8 heteroatoms. The number of nitrogens with zero attached hydrogens (tertiary/aromatic N) is 3. The number of aromatic nitrogens is 3. The number of carbonyl (C=O) groups excluding carboxylic acids is 1. The predicted octanol–water partition coefficient (Wildman–Crippen LogP) is 3.56. The van der Waals surface area contributed by atoms with Crippen molar-refractivity contribution in [2.75, 3.05) is 10.6 Å². The molecular formula is C18H19N5O3. The molecular weight excluding hydrogens is 334 g/mol. The molecule has 0 spiro atoms. The van der Waals surface area contributed by atoms with Gasteiger partial charge >= 0.3 is 0 Å². The van der Waals surface area contributed by atoms with E-state index in [2.05, 4.69) is 25.8 Å². The lowest BCUT2D eigenvalue weighted by atomic mass is 10.2. The van der Waals surface area contributed by atoms with E-state index in [1.165, 1.54) is 12.4 Å². The molecule has 0 fully saturated rings. The second kappa shape index (κ2) is 7.64. The van der Waals surface area contributed by atoms with Crippen LogP contribution >= 0.6 is 0 Å². The zero-order chi connectivity index (χ0) is 18.5. The van der Waals surface area contributed by atoms with Crippen molar-refractivity contribution in [3.8, 4) is 5.75 Å². The van der Waals surface area contributed by atoms with E-state index in [4.69, 9.17) is 9.26 Å². The fraction of sp³-hybridized carbons (Fsp3) is 0.222. The van der Waals surface area contributed by atoms with Crippen LogP contribution in [-0.2, 0) is 0 Å². The molecule has 1 amide bonds. The van der Waals surface area contributed by atoms with Crippen molar-refractivity contribution in [3.05, 3.63) is 54.0 Å². The Hall–Kier alpha value is -3.42. The summed E-state index contributed by atoms with van der Waals surface area (Å²) in [6.45, 7) is 5.64. The average Bonchev–Trinajstić information content (AvgIpc) is 3.01. The van der Waals surface area contributed by atoms with E-state index in [-0.39, 0.29) is 12.0 Å². The third-order valence-electron chi connectivity index (χ3n) is 3.28. The Labute approximate surface area is 150 Å². The van der Waals surface area contributed by atoms with Crippen molar-refractivity contribution in [2.24, 2.45) is 0 Å². The Bertz CT molecular complexity index is 890. The van der Waals surface area contributed by atoms with E-state index < -0.39 is 0 Å². The van der Waals surface area contributed by atoms with Gasteiger partial charge in [0.2, 0.25) is 5.95 Å². The van der Waals surface area contributed by atoms with E-state index in [1.54, 1.807) is 25.1 Å². The van der Waals surface area contributed by atoms with Crippen molar-refractivity contribution in [1.82, 2.24) is 15.1 Å². The van der Waals surface area contributed by atoms with Crippen LogP contribution in [0.4, 0.5) is 17.5 Å². The number of ether oxygens (including phenoxy) is 1. The van der Waals surface area contributed by atoms with E-state index in [0.717, 1.165) is 0 Å². The highest BCUT2D eigenvalue weighted by atomic mass is 16.5. The van der Waals surface area contributed by atoms with E-state index in [1.807, 2.05) is 26.0 Å². The maximum Gasteiger partial charge on any atom is 0.258 e. The molecule has 0 saturated carbocycles. The zero-order valence-electron chi connectivity index (χ0n) is 14.7. The number of amides is 1. The topological polar surface area (TPSA) is 102 Å². The maximum atomic E-state index is 12.4. The van der Waals surface area contributed by atoms with Crippen LogP contribution in [0.1, 0.15) is 30.0 Å². The van der Waals surface area contributed by atoms with Crippen LogP contribution in [0, 0.1) is 6.92 Å². The van der Waals surface area contributed by atoms with Gasteiger partial charge in [-0.15, -0.1) is 0 Å². The fourth-order valence-electron chi connectivity index (χ4n) is 2.17. The summed E-state index contributed by atoms with van der Waals surface area (Å²) in [6, 6.07) is 8.97. The van der Waals surface area contributed by atoms with Gasteiger partial charge in [-0.1, -0.05) is 17.3 Å². The summed E-state index contributed by atoms with van der Waals surface area (Å²) in [4.78, 5) is 20.7. The fourth-order valence-corrected chi connectivity index (χ4v) is 2.17. The number of hydrogen-bond donors (Lipinski definition) is 2. The van der Waals surface area contributed by atoms with Crippen molar-refractivity contribution >= 4 is 23.4 Å². The third kappa shape index (κ3) is 4.35. The molecule has 0 aliphatic rings. The smallest absolute Gasteiger partial charge is 0.258 e. The number of hydrogen-bond acceptors (Lipinski definition) is 7. The largest absolute Gasteiger partial charge is 0.489 e. The van der Waals surface area contributed by atoms with Gasteiger partial charge < -0.3 is 19.9 Å². The molecule has 0 bridgehead atoms. The first-order valence-electron chi connectivity index (χ1n) is 8.10. The van der Waals surface area contributed by atoms with E-state index in [9.17, 15) is 4.79 Å². The molecule has 0 aliphatic carbocycles. The monoisotopic (exact) mass is 353 g/mol. The molecule has 1 aromatic carbocycles. The molecule has 8 nitrogen and oxygen atoms in total. The summed E-state index contributed by atoms with van der Waals surface area (Å²) in [5.74, 6) is 1.77. The van der Waals surface area contributed by atoms with Crippen molar-refractivity contribution in [1.29, 1.82) is 0 Å². The van der Waals surface area contributed by atoms with Gasteiger partial charge in [0.05, 0.1) is 17.4 Å². The van der Waals surface area contributed by atoms with Gasteiger partial charge in [-0.05, 0) is 32.9 Å². The Morgan fingerprint density at radius 3 is 2.58 bits per heavy atom. The lowest BCUT2D eigenvalue weighted by molar-refractivity contribution is 0.102. The number of anilines is 3. The molecule has 0 saturated heterocycles. The quantitative estimate of drug-likeness (QED) is 0.698. The highest BCUT2D eigenvalue weighted by Crippen LogP contribution is 2.25. The summed E-state index contributed by atoms with van der Waals surface area (Å²) in [5, 5.41) is 9.50. The molecule has 26 heavy (non-hydrogen) atoms. The lowest BCUT2D eigenvalue weighted by Gasteiger charge is -2.14. The molecule has 2 N–H and O–H groups in total. The van der Waals surface area contributed by atoms with Gasteiger partial charge in [0, 0.05) is 18.5 Å². The number of carbonyl (C=O) groups is 1. The van der Waals surface area contributed by atoms with Gasteiger partial charge in [0.15, 0.2) is 5.82 Å². The standard InChI is InChI=1S/C18H19N5O3/c1-11(2)25-15-7-5-4-6-14(15)21-17(24)13-9-19-18(20-10-13)22-16-8-12(3)26-23-16/h4-11H,1-3H3,(H,21,24)(H,19,20,22,23). The van der Waals surface area contributed by atoms with Crippen LogP contribution in [0.5, 0.6) is 5.75 Å². The van der Waals surface area contributed by atoms with Crippen LogP contribution in [-0.4, -0.2) is 27.1 Å². The third-order valence-corrected chi connectivity index (χ3v) is 3.28. The van der Waals surface area contributed by atoms with Crippen LogP contribution in [0.3, 0.4) is 0 Å². The molecule has 0 atom stereocenters. The highest BCUT2D eigenvalue weighted by Gasteiger charge is 2.12. The Balaban J connectivity index is 1.69. The van der Waals surface area contributed by atoms with Crippen molar-refractivity contribution < 1.29 is 14.1 Å². The van der Waals surface area contributed by atoms with Crippen molar-refractivity contribution in [3.63, 3.8) is 0 Å². The van der Waals surface area contributed by atoms with Gasteiger partial charge in [-0.25, -0.2) is 9.97 Å². The van der Waals surface area contributed by atoms with Crippen LogP contribution < -0.4 is 15.4 Å². The first-order valence-corrected chi connectivity index (χ1v) is 8.10. The summed E-state index contributed by atoms with van der Waals surface area (Å²) in [7, 11) is 0. The molecule has 0 unspecified atom stereocenters. The van der Waals surface area contributed by atoms with E-state index >= 15 is 0 Å². The Morgan fingerprint density at radius 1 is 1.19 bits per heavy atom. The normalized spacial score (nSPS) is 10.6. The zero-order valence-corrected chi connectivity index (χ0v) is 14.7. The molecule has 2 heterocycles. The lowest BCUT2D eigenvalue weighted by Crippen LogP contribution is -2.15. The molecule has 0 aliphatic heterocycles. The SMILES string of the molecule is Cc1cc(Nc2ncc(C(=O)Nc3ccccc3OC(C)C)cn2)no1. The van der Waals surface area contributed by atoms with Gasteiger partial charge in [-0.3, -0.25) is 4.79 Å². The summed E-state index contributed by atoms with van der Waals surface area (Å²) < 4.78 is 10.7. The number of rotatable bonds is 6. The minimum absolute atomic E-state index is 0.00177. The minimum Gasteiger partial charge on any atom is -0.489 e. The minimum atomic E-state index is -0.325. The van der Waals surface area contributed by atoms with Crippen LogP contribution in [0.15, 0.2) is 47.2 Å². The van der Waals surface area contributed by atoms with Gasteiger partial charge in [0.25, 0.3) is 5.91 Å². The Kier molecular flexibility index (Phi) is 5.12. The van der Waals surface area contributed by atoms with E-state index in [0.29, 0.717) is 34.5 Å². The Morgan fingerprint density at radius 2 is 1.92 bits per heavy atom. The molecule has 3 rings (SSSR count). The number of nitrogens with one attached hydrogen (secondary N) is 2. The number of para-hydroxylation sites is 2. The number of benzene rings is 1. The predicted molar refractivity (Wildman–Crippen MR) is 96.7 cm³/mol. The van der Waals surface area contributed by atoms with Gasteiger partial charge in [0.1, 0.15) is 11.5 Å². The summed E-state index contributed by atoms with van der Waals surface area (Å²) in [5.41, 5.74) is 0.915. The summed E-state index contributed by atoms with van der Waals surface area (Å²) in [6.07, 6.45) is 2.87. The summed E-state index contributed by atoms with van der Waals surface area (Å²) >= 11 is 0. The molecule has 0 radical (unpaired) electrons. The van der Waals surface area contributed by atoms with Crippen molar-refractivity contribution in [2.45, 2.75) is 26.9 Å². The second-order valence-corrected chi connectivity index (χ2v) is 5.86. The first kappa shape index (κ1) is 17.4. The van der Waals surface area contributed by atoms with Crippen LogP contribution in [0.25, 0.3) is 0 Å². The number of aryl methyl sites for hydroxylation is 1. The highest BCUT2D eigenvalue weighted by molar-refractivity contribution is 6.04. The molecule has 2 aromatic heterocycles. The van der Waals surface area contributed by atoms with Crippen LogP contribution in [0.2, 0.25) is 0 Å². The van der Waals surface area contributed by atoms with Gasteiger partial charge in [-0.2, -0.15) is 0 Å². The molecule has 3 aromatic rings. The average molecular weight is 353 g/mol.